The number of carbonyl (C=O) groups is 2. The van der Waals surface area contributed by atoms with E-state index in [2.05, 4.69) is 36.8 Å². The molecule has 2 aromatic rings. The van der Waals surface area contributed by atoms with Crippen molar-refractivity contribution in [1.82, 2.24) is 4.98 Å². The van der Waals surface area contributed by atoms with Crippen LogP contribution in [0, 0.1) is 13.8 Å². The summed E-state index contributed by atoms with van der Waals surface area (Å²) in [5, 5.41) is 0. The van der Waals surface area contributed by atoms with Crippen LogP contribution in [0.5, 0.6) is 5.75 Å². The monoisotopic (exact) mass is 427 g/mol. The summed E-state index contributed by atoms with van der Waals surface area (Å²) in [5.74, 6) is 0.319. The van der Waals surface area contributed by atoms with Crippen molar-refractivity contribution in [3.8, 4) is 5.75 Å². The fourth-order valence-electron chi connectivity index (χ4n) is 2.39. The van der Waals surface area contributed by atoms with Gasteiger partial charge in [-0.15, -0.1) is 0 Å². The molecule has 116 valence electrons. The van der Waals surface area contributed by atoms with Gasteiger partial charge in [0.1, 0.15) is 5.75 Å². The van der Waals surface area contributed by atoms with Crippen LogP contribution in [-0.4, -0.2) is 23.2 Å². The number of nitrogens with one attached hydrogen (secondary N) is 1. The Morgan fingerprint density at radius 3 is 2.27 bits per heavy atom. The summed E-state index contributed by atoms with van der Waals surface area (Å²) in [6.45, 7) is 4.93. The van der Waals surface area contributed by atoms with Crippen LogP contribution in [0.25, 0.3) is 0 Å². The number of rotatable bonds is 5. The molecule has 1 N–H and O–H groups in total. The Balaban J connectivity index is 2.20. The van der Waals surface area contributed by atoms with Gasteiger partial charge in [-0.25, -0.2) is 0 Å². The van der Waals surface area contributed by atoms with Crippen molar-refractivity contribution in [1.29, 1.82) is 0 Å². The average Bonchev–Trinajstić information content (AvgIpc) is 2.73. The molecule has 0 bridgehead atoms. The van der Waals surface area contributed by atoms with E-state index in [1.807, 2.05) is 18.2 Å². The fourth-order valence-corrected chi connectivity index (χ4v) is 3.61. The Hall–Kier alpha value is -1.40. The summed E-state index contributed by atoms with van der Waals surface area (Å²) in [6, 6.07) is 5.53. The quantitative estimate of drug-likeness (QED) is 0.706. The number of Topliss-reactive ketones (excluding diaryl/α,β-unsaturated/α-hetero) is 2. The zero-order valence-corrected chi connectivity index (χ0v) is 15.6. The highest BCUT2D eigenvalue weighted by molar-refractivity contribution is 9.11. The van der Waals surface area contributed by atoms with E-state index in [1.54, 1.807) is 13.8 Å². The van der Waals surface area contributed by atoms with Crippen LogP contribution < -0.4 is 4.74 Å². The predicted octanol–water partition coefficient (Wildman–Crippen LogP) is 4.62. The number of ether oxygens (including phenoxy) is 1. The maximum absolute atomic E-state index is 12.4. The summed E-state index contributed by atoms with van der Waals surface area (Å²) in [5.41, 5.74) is 2.37. The molecule has 0 saturated heterocycles. The zero-order chi connectivity index (χ0) is 16.4. The summed E-state index contributed by atoms with van der Waals surface area (Å²) in [4.78, 5) is 27.0. The Morgan fingerprint density at radius 2 is 1.77 bits per heavy atom. The molecule has 0 aliphatic rings. The van der Waals surface area contributed by atoms with E-state index in [1.165, 1.54) is 6.92 Å². The van der Waals surface area contributed by atoms with Crippen LogP contribution in [0.15, 0.2) is 27.1 Å². The van der Waals surface area contributed by atoms with E-state index < -0.39 is 0 Å². The van der Waals surface area contributed by atoms with Gasteiger partial charge in [0, 0.05) is 11.3 Å². The minimum Gasteiger partial charge on any atom is -0.483 e. The second kappa shape index (κ2) is 6.79. The molecule has 22 heavy (non-hydrogen) atoms. The van der Waals surface area contributed by atoms with Crippen molar-refractivity contribution in [2.24, 2.45) is 0 Å². The predicted molar refractivity (Wildman–Crippen MR) is 91.9 cm³/mol. The number of ketones is 2. The van der Waals surface area contributed by atoms with Gasteiger partial charge in [-0.3, -0.25) is 9.59 Å². The highest BCUT2D eigenvalue weighted by Gasteiger charge is 2.20. The van der Waals surface area contributed by atoms with Gasteiger partial charge in [0.2, 0.25) is 5.78 Å². The van der Waals surface area contributed by atoms with Crippen molar-refractivity contribution in [2.45, 2.75) is 20.8 Å². The molecule has 0 fully saturated rings. The molecule has 1 aromatic heterocycles. The third-order valence-corrected chi connectivity index (χ3v) is 4.58. The van der Waals surface area contributed by atoms with Crippen molar-refractivity contribution >= 4 is 43.4 Å². The fraction of sp³-hybridized carbons (Fsp3) is 0.250. The van der Waals surface area contributed by atoms with Crippen molar-refractivity contribution in [3.05, 3.63) is 49.7 Å². The van der Waals surface area contributed by atoms with Gasteiger partial charge < -0.3 is 9.72 Å². The Bertz CT molecular complexity index is 730. The number of H-pyrrole nitrogens is 1. The number of halogens is 2. The molecule has 0 amide bonds. The highest BCUT2D eigenvalue weighted by Crippen LogP contribution is 2.33. The first-order valence-electron chi connectivity index (χ1n) is 6.63. The minimum atomic E-state index is -0.198. The number of benzene rings is 1. The van der Waals surface area contributed by atoms with Gasteiger partial charge in [0.25, 0.3) is 0 Å². The molecule has 0 aliphatic heterocycles. The van der Waals surface area contributed by atoms with Crippen LogP contribution in [0.1, 0.15) is 39.0 Å². The Morgan fingerprint density at radius 1 is 1.18 bits per heavy atom. The van der Waals surface area contributed by atoms with Gasteiger partial charge in [-0.05, 0) is 70.3 Å². The Kier molecular flexibility index (Phi) is 5.24. The number of hydrogen-bond acceptors (Lipinski definition) is 3. The van der Waals surface area contributed by atoms with Crippen molar-refractivity contribution in [2.75, 3.05) is 6.61 Å². The van der Waals surface area contributed by atoms with E-state index in [4.69, 9.17) is 4.74 Å². The van der Waals surface area contributed by atoms with Crippen LogP contribution in [-0.2, 0) is 0 Å². The first kappa shape index (κ1) is 17.0. The van der Waals surface area contributed by atoms with E-state index >= 15 is 0 Å². The lowest BCUT2D eigenvalue weighted by atomic mass is 10.1. The van der Waals surface area contributed by atoms with Crippen LogP contribution in [0.2, 0.25) is 0 Å². The molecule has 1 heterocycles. The van der Waals surface area contributed by atoms with Crippen LogP contribution >= 0.6 is 31.9 Å². The third kappa shape index (κ3) is 3.33. The lowest BCUT2D eigenvalue weighted by molar-refractivity contribution is 0.0915. The lowest BCUT2D eigenvalue weighted by Crippen LogP contribution is -2.14. The second-order valence-corrected chi connectivity index (χ2v) is 6.65. The summed E-state index contributed by atoms with van der Waals surface area (Å²) >= 11 is 6.77. The molecule has 6 heteroatoms. The maximum Gasteiger partial charge on any atom is 0.216 e. The molecule has 0 radical (unpaired) electrons. The van der Waals surface area contributed by atoms with Crippen molar-refractivity contribution < 1.29 is 14.3 Å². The molecule has 0 spiro atoms. The number of aromatic nitrogens is 1. The van der Waals surface area contributed by atoms with Gasteiger partial charge in [0.15, 0.2) is 12.4 Å². The molecule has 4 nitrogen and oxygen atoms in total. The molecule has 0 saturated carbocycles. The largest absolute Gasteiger partial charge is 0.483 e. The second-order valence-electron chi connectivity index (χ2n) is 4.94. The number of aromatic amines is 1. The lowest BCUT2D eigenvalue weighted by Gasteiger charge is -2.09. The first-order valence-corrected chi connectivity index (χ1v) is 8.21. The molecule has 0 atom stereocenters. The van der Waals surface area contributed by atoms with Crippen LogP contribution in [0.4, 0.5) is 0 Å². The number of carbonyl (C=O) groups excluding carboxylic acids is 2. The molecule has 0 unspecified atom stereocenters. The number of aryl methyl sites for hydroxylation is 1. The van der Waals surface area contributed by atoms with Gasteiger partial charge in [-0.2, -0.15) is 0 Å². The topological polar surface area (TPSA) is 59.2 Å². The molecular weight excluding hydrogens is 414 g/mol. The molecular formula is C16H15Br2NO3. The smallest absolute Gasteiger partial charge is 0.216 e. The SMILES string of the molecule is CC(=O)c1c(C)[nH]c(C(=O)COc2c(Br)cccc2Br)c1C. The first-order chi connectivity index (χ1) is 10.3. The van der Waals surface area contributed by atoms with E-state index in [0.717, 1.165) is 8.95 Å². The zero-order valence-electron chi connectivity index (χ0n) is 12.4. The Labute approximate surface area is 145 Å². The number of hydrogen-bond donors (Lipinski definition) is 1. The summed E-state index contributed by atoms with van der Waals surface area (Å²) < 4.78 is 7.13. The van der Waals surface area contributed by atoms with Gasteiger partial charge in [-0.1, -0.05) is 6.07 Å². The van der Waals surface area contributed by atoms with Gasteiger partial charge in [0.05, 0.1) is 14.6 Å². The third-order valence-electron chi connectivity index (χ3n) is 3.33. The van der Waals surface area contributed by atoms with Crippen molar-refractivity contribution in [3.63, 3.8) is 0 Å². The normalized spacial score (nSPS) is 10.6. The standard InChI is InChI=1S/C16H15Br2NO3/c1-8-14(10(3)20)9(2)19-15(8)13(21)7-22-16-11(17)5-4-6-12(16)18/h4-6,19H,7H2,1-3H3. The minimum absolute atomic E-state index is 0.0558. The van der Waals surface area contributed by atoms with E-state index in [0.29, 0.717) is 28.3 Å². The highest BCUT2D eigenvalue weighted by atomic mass is 79.9. The summed E-state index contributed by atoms with van der Waals surface area (Å²) in [6.07, 6.45) is 0. The molecule has 1 aromatic carbocycles. The van der Waals surface area contributed by atoms with E-state index in [9.17, 15) is 9.59 Å². The van der Waals surface area contributed by atoms with E-state index in [-0.39, 0.29) is 18.2 Å². The molecule has 0 aliphatic carbocycles. The maximum atomic E-state index is 12.4. The van der Waals surface area contributed by atoms with Gasteiger partial charge >= 0.3 is 0 Å². The van der Waals surface area contributed by atoms with Crippen LogP contribution in [0.3, 0.4) is 0 Å². The number of para-hydroxylation sites is 1. The summed E-state index contributed by atoms with van der Waals surface area (Å²) in [7, 11) is 0. The average molecular weight is 429 g/mol. The molecule has 2 rings (SSSR count).